The second-order valence-electron chi connectivity index (χ2n) is 3.01. The van der Waals surface area contributed by atoms with Gasteiger partial charge in [-0.15, -0.1) is 0 Å². The Labute approximate surface area is 88.0 Å². The van der Waals surface area contributed by atoms with Crippen LogP contribution in [-0.4, -0.2) is 14.5 Å². The van der Waals surface area contributed by atoms with Crippen LogP contribution >= 0.6 is 15.9 Å². The number of pyridine rings is 1. The van der Waals surface area contributed by atoms with E-state index in [4.69, 9.17) is 5.11 Å². The number of aromatic hydroxyl groups is 1. The summed E-state index contributed by atoms with van der Waals surface area (Å²) in [4.78, 5) is 15.3. The van der Waals surface area contributed by atoms with Crippen molar-refractivity contribution in [2.24, 2.45) is 0 Å². The van der Waals surface area contributed by atoms with Crippen molar-refractivity contribution < 1.29 is 5.11 Å². The van der Waals surface area contributed by atoms with Gasteiger partial charge in [0.2, 0.25) is 5.88 Å². The van der Waals surface area contributed by atoms with Gasteiger partial charge in [-0.25, -0.2) is 0 Å². The molecule has 2 aromatic rings. The first kappa shape index (κ1) is 9.21. The van der Waals surface area contributed by atoms with Gasteiger partial charge in [0.15, 0.2) is 5.65 Å². The molecule has 2 aromatic heterocycles. The first-order valence-electron chi connectivity index (χ1n) is 3.96. The van der Waals surface area contributed by atoms with Crippen molar-refractivity contribution >= 4 is 21.6 Å². The van der Waals surface area contributed by atoms with Gasteiger partial charge in [0.05, 0.1) is 10.5 Å². The number of aromatic nitrogens is 2. The molecule has 72 valence electrons. The Balaban J connectivity index is 3.02. The molecule has 4 nitrogen and oxygen atoms in total. The summed E-state index contributed by atoms with van der Waals surface area (Å²) in [5, 5.41) is 9.16. The first-order valence-corrected chi connectivity index (χ1v) is 4.76. The molecule has 0 saturated carbocycles. The molecule has 0 amide bonds. The summed E-state index contributed by atoms with van der Waals surface area (Å²) in [6.45, 7) is 1.88. The van der Waals surface area contributed by atoms with E-state index in [9.17, 15) is 4.79 Å². The molecular formula is C9H7BrN2O2. The Bertz CT molecular complexity index is 562. The molecule has 5 heteroatoms. The van der Waals surface area contributed by atoms with Crippen LogP contribution in [0.1, 0.15) is 5.56 Å². The van der Waals surface area contributed by atoms with Crippen molar-refractivity contribution in [1.82, 2.24) is 9.38 Å². The minimum Gasteiger partial charge on any atom is -0.493 e. The van der Waals surface area contributed by atoms with Crippen LogP contribution in [0.4, 0.5) is 0 Å². The molecule has 0 aliphatic carbocycles. The average molecular weight is 255 g/mol. The van der Waals surface area contributed by atoms with E-state index in [1.807, 2.05) is 13.0 Å². The Hall–Kier alpha value is -1.36. The molecule has 0 aromatic carbocycles. The van der Waals surface area contributed by atoms with Crippen molar-refractivity contribution in [2.75, 3.05) is 0 Å². The molecule has 0 radical (unpaired) electrons. The molecule has 14 heavy (non-hydrogen) atoms. The van der Waals surface area contributed by atoms with Gasteiger partial charge in [-0.05, 0) is 34.5 Å². The second kappa shape index (κ2) is 3.09. The lowest BCUT2D eigenvalue weighted by Crippen LogP contribution is -2.13. The average Bonchev–Trinajstić information content (AvgIpc) is 2.07. The fourth-order valence-corrected chi connectivity index (χ4v) is 1.92. The summed E-state index contributed by atoms with van der Waals surface area (Å²) in [5.41, 5.74) is 1.07. The zero-order valence-electron chi connectivity index (χ0n) is 7.36. The third kappa shape index (κ3) is 1.39. The molecule has 0 fully saturated rings. The van der Waals surface area contributed by atoms with Crippen molar-refractivity contribution in [3.63, 3.8) is 0 Å². The van der Waals surface area contributed by atoms with Crippen molar-refractivity contribution in [2.45, 2.75) is 6.92 Å². The molecule has 2 rings (SSSR count). The monoisotopic (exact) mass is 254 g/mol. The van der Waals surface area contributed by atoms with Gasteiger partial charge in [-0.3, -0.25) is 9.20 Å². The highest BCUT2D eigenvalue weighted by molar-refractivity contribution is 9.10. The Kier molecular flexibility index (Phi) is 2.03. The molecule has 0 aliphatic rings. The van der Waals surface area contributed by atoms with Crippen LogP contribution in [0.3, 0.4) is 0 Å². The maximum atomic E-state index is 11.4. The lowest BCUT2D eigenvalue weighted by atomic mass is 10.3. The van der Waals surface area contributed by atoms with E-state index in [0.717, 1.165) is 11.6 Å². The number of aryl methyl sites for hydroxylation is 1. The lowest BCUT2D eigenvalue weighted by molar-refractivity contribution is 0.452. The highest BCUT2D eigenvalue weighted by Gasteiger charge is 2.04. The first-order chi connectivity index (χ1) is 6.58. The third-order valence-electron chi connectivity index (χ3n) is 1.84. The number of hydrogen-bond donors (Lipinski definition) is 1. The topological polar surface area (TPSA) is 54.6 Å². The zero-order valence-corrected chi connectivity index (χ0v) is 8.95. The van der Waals surface area contributed by atoms with E-state index >= 15 is 0 Å². The summed E-state index contributed by atoms with van der Waals surface area (Å²) in [7, 11) is 0. The fraction of sp³-hybridized carbons (Fsp3) is 0.111. The maximum absolute atomic E-state index is 11.4. The fourth-order valence-electron chi connectivity index (χ4n) is 1.28. The Morgan fingerprint density at radius 1 is 1.50 bits per heavy atom. The van der Waals surface area contributed by atoms with Crippen molar-refractivity contribution in [1.29, 1.82) is 0 Å². The van der Waals surface area contributed by atoms with Crippen LogP contribution in [0.2, 0.25) is 0 Å². The predicted molar refractivity (Wildman–Crippen MR) is 55.6 cm³/mol. The summed E-state index contributed by atoms with van der Waals surface area (Å²) in [6, 6.07) is 2.92. The van der Waals surface area contributed by atoms with Gasteiger partial charge >= 0.3 is 0 Å². The summed E-state index contributed by atoms with van der Waals surface area (Å²) >= 11 is 3.28. The van der Waals surface area contributed by atoms with Crippen LogP contribution in [0.15, 0.2) is 27.6 Å². The van der Waals surface area contributed by atoms with E-state index < -0.39 is 0 Å². The number of fused-ring (bicyclic) bond motifs is 1. The van der Waals surface area contributed by atoms with Crippen LogP contribution in [-0.2, 0) is 0 Å². The maximum Gasteiger partial charge on any atom is 0.261 e. The highest BCUT2D eigenvalue weighted by Crippen LogP contribution is 2.17. The molecule has 0 saturated heterocycles. The van der Waals surface area contributed by atoms with Gasteiger partial charge in [0, 0.05) is 6.20 Å². The predicted octanol–water partition coefficient (Wildman–Crippen LogP) is 1.47. The van der Waals surface area contributed by atoms with Crippen LogP contribution in [0, 0.1) is 6.92 Å². The number of nitrogens with zero attached hydrogens (tertiary/aromatic N) is 2. The van der Waals surface area contributed by atoms with Crippen molar-refractivity contribution in [3.8, 4) is 5.88 Å². The van der Waals surface area contributed by atoms with Gasteiger partial charge in [0.25, 0.3) is 5.56 Å². The van der Waals surface area contributed by atoms with E-state index in [-0.39, 0.29) is 11.4 Å². The zero-order chi connectivity index (χ0) is 10.3. The Morgan fingerprint density at radius 3 is 2.93 bits per heavy atom. The second-order valence-corrected chi connectivity index (χ2v) is 3.87. The highest BCUT2D eigenvalue weighted by atomic mass is 79.9. The van der Waals surface area contributed by atoms with Gasteiger partial charge < -0.3 is 5.11 Å². The largest absolute Gasteiger partial charge is 0.493 e. The molecule has 1 N–H and O–H groups in total. The lowest BCUT2D eigenvalue weighted by Gasteiger charge is -2.03. The smallest absolute Gasteiger partial charge is 0.261 e. The molecule has 0 unspecified atom stereocenters. The molecular weight excluding hydrogens is 248 g/mol. The molecule has 0 aliphatic heterocycles. The Morgan fingerprint density at radius 2 is 2.21 bits per heavy atom. The van der Waals surface area contributed by atoms with Crippen LogP contribution in [0.5, 0.6) is 5.88 Å². The van der Waals surface area contributed by atoms with Gasteiger partial charge in [0.1, 0.15) is 0 Å². The quantitative estimate of drug-likeness (QED) is 0.775. The standard InChI is InChI=1S/C9H7BrN2O2/c1-5-2-6(10)9-11-7(13)3-8(14)12(9)4-5/h2-4,13H,1H3. The van der Waals surface area contributed by atoms with Crippen molar-refractivity contribution in [3.05, 3.63) is 38.7 Å². The minimum absolute atomic E-state index is 0.264. The van der Waals surface area contributed by atoms with E-state index in [1.165, 1.54) is 4.40 Å². The van der Waals surface area contributed by atoms with Crippen LogP contribution in [0.25, 0.3) is 5.65 Å². The van der Waals surface area contributed by atoms with E-state index in [2.05, 4.69) is 20.9 Å². The molecule has 2 heterocycles. The number of hydrogen-bond acceptors (Lipinski definition) is 3. The molecule has 0 bridgehead atoms. The summed E-state index contributed by atoms with van der Waals surface area (Å²) < 4.78 is 2.07. The van der Waals surface area contributed by atoms with Crippen LogP contribution < -0.4 is 5.56 Å². The van der Waals surface area contributed by atoms with E-state index in [0.29, 0.717) is 10.1 Å². The molecule has 0 atom stereocenters. The van der Waals surface area contributed by atoms with Gasteiger partial charge in [-0.2, -0.15) is 4.98 Å². The SMILES string of the molecule is Cc1cc(Br)c2nc(O)cc(=O)n2c1. The number of rotatable bonds is 0. The summed E-state index contributed by atoms with van der Waals surface area (Å²) in [5.74, 6) is -0.264. The third-order valence-corrected chi connectivity index (χ3v) is 2.42. The summed E-state index contributed by atoms with van der Waals surface area (Å²) in [6.07, 6.45) is 1.68. The number of halogens is 1. The van der Waals surface area contributed by atoms with Gasteiger partial charge in [-0.1, -0.05) is 0 Å². The minimum atomic E-state index is -0.295. The van der Waals surface area contributed by atoms with E-state index in [1.54, 1.807) is 6.20 Å². The normalized spacial score (nSPS) is 10.7. The molecule has 0 spiro atoms.